The van der Waals surface area contributed by atoms with Crippen LogP contribution in [-0.2, 0) is 14.3 Å². The molecule has 1 aromatic rings. The molecule has 2 saturated carbocycles. The Balaban J connectivity index is 1.62. The van der Waals surface area contributed by atoms with Gasteiger partial charge in [0, 0.05) is 26.2 Å². The van der Waals surface area contributed by atoms with Crippen LogP contribution in [0, 0.1) is 22.7 Å². The van der Waals surface area contributed by atoms with E-state index in [2.05, 4.69) is 19.2 Å². The maximum Gasteiger partial charge on any atom is 0.222 e. The van der Waals surface area contributed by atoms with Crippen LogP contribution in [0.1, 0.15) is 51.2 Å². The second-order valence-electron chi connectivity index (χ2n) is 9.17. The van der Waals surface area contributed by atoms with Crippen molar-refractivity contribution in [3.63, 3.8) is 0 Å². The smallest absolute Gasteiger partial charge is 0.222 e. The van der Waals surface area contributed by atoms with Crippen LogP contribution >= 0.6 is 0 Å². The van der Waals surface area contributed by atoms with Gasteiger partial charge < -0.3 is 19.9 Å². The minimum atomic E-state index is 0.0406. The molecule has 1 heterocycles. The zero-order valence-electron chi connectivity index (χ0n) is 16.5. The Morgan fingerprint density at radius 3 is 2.78 bits per heavy atom. The van der Waals surface area contributed by atoms with Crippen molar-refractivity contribution in [2.24, 2.45) is 22.7 Å². The van der Waals surface area contributed by atoms with Gasteiger partial charge in [0.1, 0.15) is 5.75 Å². The van der Waals surface area contributed by atoms with Crippen LogP contribution < -0.4 is 5.32 Å². The summed E-state index contributed by atoms with van der Waals surface area (Å²) in [6, 6.07) is 7.59. The summed E-state index contributed by atoms with van der Waals surface area (Å²) >= 11 is 0. The highest BCUT2D eigenvalue weighted by molar-refractivity contribution is 5.76. The van der Waals surface area contributed by atoms with E-state index in [1.54, 1.807) is 19.2 Å². The summed E-state index contributed by atoms with van der Waals surface area (Å²) in [5.74, 6) is 1.36. The van der Waals surface area contributed by atoms with Crippen LogP contribution in [-0.4, -0.2) is 37.4 Å². The van der Waals surface area contributed by atoms with Gasteiger partial charge in [-0.15, -0.1) is 0 Å². The summed E-state index contributed by atoms with van der Waals surface area (Å²) in [6.07, 6.45) is 3.76. The van der Waals surface area contributed by atoms with Gasteiger partial charge in [0.05, 0.1) is 12.7 Å². The number of methoxy groups -OCH3 is 1. The maximum absolute atomic E-state index is 12.5. The lowest BCUT2D eigenvalue weighted by atomic mass is 9.59. The molecule has 1 amide bonds. The number of fused-ring (bicyclic) bond motifs is 1. The summed E-state index contributed by atoms with van der Waals surface area (Å²) < 4.78 is 11.3. The van der Waals surface area contributed by atoms with E-state index in [9.17, 15) is 9.90 Å². The molecule has 0 radical (unpaired) electrons. The molecule has 2 aliphatic carbocycles. The molecule has 27 heavy (non-hydrogen) atoms. The minimum Gasteiger partial charge on any atom is -0.508 e. The second-order valence-corrected chi connectivity index (χ2v) is 9.17. The van der Waals surface area contributed by atoms with Gasteiger partial charge in [-0.3, -0.25) is 4.79 Å². The quantitative estimate of drug-likeness (QED) is 0.830. The summed E-state index contributed by atoms with van der Waals surface area (Å²) in [4.78, 5) is 12.5. The number of amides is 1. The van der Waals surface area contributed by atoms with Crippen molar-refractivity contribution in [3.8, 4) is 5.75 Å². The predicted octanol–water partition coefficient (Wildman–Crippen LogP) is 3.43. The minimum absolute atomic E-state index is 0.0406. The Morgan fingerprint density at radius 2 is 2.07 bits per heavy atom. The molecule has 0 unspecified atom stereocenters. The second kappa shape index (κ2) is 6.78. The molecule has 1 saturated heterocycles. The van der Waals surface area contributed by atoms with E-state index in [-0.39, 0.29) is 34.6 Å². The number of aromatic hydroxyl groups is 1. The Labute approximate surface area is 161 Å². The van der Waals surface area contributed by atoms with Gasteiger partial charge in [-0.2, -0.15) is 0 Å². The molecule has 5 nitrogen and oxygen atoms in total. The van der Waals surface area contributed by atoms with Gasteiger partial charge in [-0.05, 0) is 59.6 Å². The SMILES string of the molecule is COCCC(=O)N[C@H]1C(C)(C)[C@@H]2C[C@@H]3[C@@H](c4ccc(O)cc4)OCC[C@@]31C2. The van der Waals surface area contributed by atoms with Crippen molar-refractivity contribution in [3.05, 3.63) is 29.8 Å². The number of phenols is 1. The Hall–Kier alpha value is -1.59. The lowest BCUT2D eigenvalue weighted by Gasteiger charge is -2.53. The fourth-order valence-corrected chi connectivity index (χ4v) is 6.21. The van der Waals surface area contributed by atoms with Crippen LogP contribution in [0.4, 0.5) is 0 Å². The van der Waals surface area contributed by atoms with E-state index in [0.29, 0.717) is 24.9 Å². The highest BCUT2D eigenvalue weighted by Crippen LogP contribution is 2.70. The molecule has 2 N–H and O–H groups in total. The number of carbonyl (C=O) groups is 1. The number of phenolic OH excluding ortho intramolecular Hbond substituents is 1. The van der Waals surface area contributed by atoms with Crippen molar-refractivity contribution in [2.75, 3.05) is 20.3 Å². The molecular weight excluding hydrogens is 342 g/mol. The molecule has 5 atom stereocenters. The average molecular weight is 373 g/mol. The first-order valence-corrected chi connectivity index (χ1v) is 10.1. The van der Waals surface area contributed by atoms with Crippen molar-refractivity contribution < 1.29 is 19.4 Å². The summed E-state index contributed by atoms with van der Waals surface area (Å²) in [5, 5.41) is 13.0. The lowest BCUT2D eigenvalue weighted by molar-refractivity contribution is -0.137. The van der Waals surface area contributed by atoms with Crippen LogP contribution in [0.2, 0.25) is 0 Å². The first kappa shape index (κ1) is 18.8. The van der Waals surface area contributed by atoms with Crippen LogP contribution in [0.15, 0.2) is 24.3 Å². The van der Waals surface area contributed by atoms with Gasteiger partial charge in [-0.1, -0.05) is 26.0 Å². The van der Waals surface area contributed by atoms with E-state index in [0.717, 1.165) is 31.4 Å². The fourth-order valence-electron chi connectivity index (χ4n) is 6.21. The number of carbonyl (C=O) groups excluding carboxylic acids is 1. The topological polar surface area (TPSA) is 67.8 Å². The number of benzene rings is 1. The lowest BCUT2D eigenvalue weighted by Crippen LogP contribution is -2.59. The van der Waals surface area contributed by atoms with E-state index < -0.39 is 0 Å². The summed E-state index contributed by atoms with van der Waals surface area (Å²) in [6.45, 7) is 5.80. The monoisotopic (exact) mass is 373 g/mol. The van der Waals surface area contributed by atoms with Gasteiger partial charge >= 0.3 is 0 Å². The van der Waals surface area contributed by atoms with Crippen molar-refractivity contribution >= 4 is 5.91 Å². The summed E-state index contributed by atoms with van der Waals surface area (Å²) in [5.41, 5.74) is 1.32. The van der Waals surface area contributed by atoms with Crippen molar-refractivity contribution in [1.29, 1.82) is 0 Å². The molecule has 1 spiro atoms. The molecular formula is C22H31NO4. The molecule has 148 valence electrons. The normalized spacial score (nSPS) is 36.4. The predicted molar refractivity (Wildman–Crippen MR) is 102 cm³/mol. The zero-order valence-corrected chi connectivity index (χ0v) is 16.5. The Morgan fingerprint density at radius 1 is 1.33 bits per heavy atom. The average Bonchev–Trinajstić information content (AvgIpc) is 3.13. The third-order valence-corrected chi connectivity index (χ3v) is 7.57. The van der Waals surface area contributed by atoms with E-state index in [1.165, 1.54) is 0 Å². The molecule has 3 fully saturated rings. The standard InChI is InChI=1S/C22H31NO4/c1-21(2)15-12-17-19(14-4-6-16(24)7-5-14)27-11-9-22(17,13-15)20(21)23-18(25)8-10-26-3/h4-7,15,17,19-20,24H,8-13H2,1-3H3,(H,23,25)/t15-,17-,19-,20+,22-/m1/s1. The molecule has 3 aliphatic rings. The molecule has 5 heteroatoms. The van der Waals surface area contributed by atoms with Gasteiger partial charge in [-0.25, -0.2) is 0 Å². The molecule has 2 bridgehead atoms. The van der Waals surface area contributed by atoms with E-state index >= 15 is 0 Å². The first-order valence-electron chi connectivity index (χ1n) is 10.1. The number of rotatable bonds is 5. The molecule has 1 aliphatic heterocycles. The number of hydrogen-bond acceptors (Lipinski definition) is 4. The molecule has 1 aromatic carbocycles. The highest BCUT2D eigenvalue weighted by Gasteiger charge is 2.68. The Bertz CT molecular complexity index is 701. The molecule has 4 rings (SSSR count). The van der Waals surface area contributed by atoms with E-state index in [4.69, 9.17) is 9.47 Å². The van der Waals surface area contributed by atoms with Crippen molar-refractivity contribution in [1.82, 2.24) is 5.32 Å². The highest BCUT2D eigenvalue weighted by atomic mass is 16.5. The van der Waals surface area contributed by atoms with E-state index in [1.807, 2.05) is 12.1 Å². The van der Waals surface area contributed by atoms with Crippen molar-refractivity contribution in [2.45, 2.75) is 51.7 Å². The largest absolute Gasteiger partial charge is 0.508 e. The fraction of sp³-hybridized carbons (Fsp3) is 0.682. The zero-order chi connectivity index (χ0) is 19.2. The van der Waals surface area contributed by atoms with Crippen LogP contribution in [0.3, 0.4) is 0 Å². The maximum atomic E-state index is 12.5. The van der Waals surface area contributed by atoms with Gasteiger partial charge in [0.2, 0.25) is 5.91 Å². The van der Waals surface area contributed by atoms with Gasteiger partial charge in [0.15, 0.2) is 0 Å². The number of ether oxygens (including phenoxy) is 2. The first-order chi connectivity index (χ1) is 12.9. The third kappa shape index (κ3) is 2.95. The van der Waals surface area contributed by atoms with Crippen LogP contribution in [0.5, 0.6) is 5.75 Å². The summed E-state index contributed by atoms with van der Waals surface area (Å²) in [7, 11) is 1.63. The molecule has 0 aromatic heterocycles. The Kier molecular flexibility index (Phi) is 4.71. The van der Waals surface area contributed by atoms with Crippen LogP contribution in [0.25, 0.3) is 0 Å². The number of nitrogens with one attached hydrogen (secondary N) is 1. The number of hydrogen-bond donors (Lipinski definition) is 2. The third-order valence-electron chi connectivity index (χ3n) is 7.57. The van der Waals surface area contributed by atoms with Gasteiger partial charge in [0.25, 0.3) is 0 Å².